The summed E-state index contributed by atoms with van der Waals surface area (Å²) in [5.41, 5.74) is 0.708. The summed E-state index contributed by atoms with van der Waals surface area (Å²) >= 11 is 0. The van der Waals surface area contributed by atoms with E-state index in [2.05, 4.69) is 5.32 Å². The van der Waals surface area contributed by atoms with E-state index < -0.39 is 24.4 Å². The largest absolute Gasteiger partial charge is 0.394 e. The standard InChI is InChI=1S/C11H14FNO3/c1-7-2-3-10(12)9(4-7)11(16)13-5-8(15)6-14/h2-4,8,14-15H,5-6H2,1H3,(H,13,16). The van der Waals surface area contributed by atoms with E-state index in [-0.39, 0.29) is 12.1 Å². The molecule has 0 aliphatic carbocycles. The highest BCUT2D eigenvalue weighted by Crippen LogP contribution is 2.09. The molecule has 0 radical (unpaired) electrons. The van der Waals surface area contributed by atoms with Crippen LogP contribution in [-0.4, -0.2) is 35.4 Å². The predicted octanol–water partition coefficient (Wildman–Crippen LogP) is 0.217. The second-order valence-electron chi connectivity index (χ2n) is 3.53. The van der Waals surface area contributed by atoms with Crippen molar-refractivity contribution >= 4 is 5.91 Å². The van der Waals surface area contributed by atoms with Gasteiger partial charge >= 0.3 is 0 Å². The molecular formula is C11H14FNO3. The quantitative estimate of drug-likeness (QED) is 0.689. The van der Waals surface area contributed by atoms with Gasteiger partial charge in [0, 0.05) is 6.54 Å². The van der Waals surface area contributed by atoms with Gasteiger partial charge in [0.1, 0.15) is 5.82 Å². The van der Waals surface area contributed by atoms with Gasteiger partial charge in [-0.05, 0) is 19.1 Å². The summed E-state index contributed by atoms with van der Waals surface area (Å²) in [4.78, 5) is 11.5. The molecule has 0 saturated heterocycles. The molecule has 0 aromatic heterocycles. The van der Waals surface area contributed by atoms with Crippen molar-refractivity contribution in [2.45, 2.75) is 13.0 Å². The minimum atomic E-state index is -1.03. The summed E-state index contributed by atoms with van der Waals surface area (Å²) < 4.78 is 13.3. The Bertz CT molecular complexity index is 381. The molecule has 0 saturated carbocycles. The monoisotopic (exact) mass is 227 g/mol. The van der Waals surface area contributed by atoms with E-state index in [1.165, 1.54) is 12.1 Å². The van der Waals surface area contributed by atoms with Gasteiger partial charge in [0.15, 0.2) is 0 Å². The molecule has 1 rings (SSSR count). The lowest BCUT2D eigenvalue weighted by atomic mass is 10.1. The molecule has 1 amide bonds. The minimum Gasteiger partial charge on any atom is -0.394 e. The fourth-order valence-corrected chi connectivity index (χ4v) is 1.18. The van der Waals surface area contributed by atoms with Crippen LogP contribution in [-0.2, 0) is 0 Å². The van der Waals surface area contributed by atoms with Crippen LogP contribution in [0.2, 0.25) is 0 Å². The molecule has 1 aromatic rings. The molecular weight excluding hydrogens is 213 g/mol. The number of aliphatic hydroxyl groups excluding tert-OH is 2. The van der Waals surface area contributed by atoms with Crippen LogP contribution in [0.25, 0.3) is 0 Å². The highest BCUT2D eigenvalue weighted by atomic mass is 19.1. The third-order valence-electron chi connectivity index (χ3n) is 2.08. The van der Waals surface area contributed by atoms with Crippen LogP contribution in [0.3, 0.4) is 0 Å². The van der Waals surface area contributed by atoms with Gasteiger partial charge in [0.05, 0.1) is 18.3 Å². The van der Waals surface area contributed by atoms with Crippen molar-refractivity contribution in [3.8, 4) is 0 Å². The SMILES string of the molecule is Cc1ccc(F)c(C(=O)NCC(O)CO)c1. The van der Waals surface area contributed by atoms with E-state index in [4.69, 9.17) is 10.2 Å². The topological polar surface area (TPSA) is 69.6 Å². The molecule has 0 fully saturated rings. The van der Waals surface area contributed by atoms with E-state index in [9.17, 15) is 9.18 Å². The van der Waals surface area contributed by atoms with E-state index >= 15 is 0 Å². The molecule has 0 spiro atoms. The average Bonchev–Trinajstić information content (AvgIpc) is 2.28. The fourth-order valence-electron chi connectivity index (χ4n) is 1.18. The van der Waals surface area contributed by atoms with Crippen LogP contribution in [0.15, 0.2) is 18.2 Å². The normalized spacial score (nSPS) is 12.2. The fraction of sp³-hybridized carbons (Fsp3) is 0.364. The first-order chi connectivity index (χ1) is 7.54. The summed E-state index contributed by atoms with van der Waals surface area (Å²) in [6.07, 6.45) is -1.03. The summed E-state index contributed by atoms with van der Waals surface area (Å²) in [5.74, 6) is -1.21. The van der Waals surface area contributed by atoms with E-state index in [1.54, 1.807) is 13.0 Å². The third kappa shape index (κ3) is 3.29. The van der Waals surface area contributed by atoms with Gasteiger partial charge < -0.3 is 15.5 Å². The summed E-state index contributed by atoms with van der Waals surface area (Å²) in [5, 5.41) is 19.9. The first kappa shape index (κ1) is 12.6. The Hall–Kier alpha value is -1.46. The van der Waals surface area contributed by atoms with Crippen molar-refractivity contribution < 1.29 is 19.4 Å². The number of aliphatic hydroxyl groups is 2. The summed E-state index contributed by atoms with van der Waals surface area (Å²) in [6.45, 7) is 1.19. The summed E-state index contributed by atoms with van der Waals surface area (Å²) in [6, 6.07) is 4.21. The number of amides is 1. The molecule has 5 heteroatoms. The predicted molar refractivity (Wildman–Crippen MR) is 56.6 cm³/mol. The summed E-state index contributed by atoms with van der Waals surface area (Å²) in [7, 11) is 0. The lowest BCUT2D eigenvalue weighted by molar-refractivity contribution is 0.0799. The van der Waals surface area contributed by atoms with Crippen LogP contribution >= 0.6 is 0 Å². The van der Waals surface area contributed by atoms with Crippen molar-refractivity contribution in [1.29, 1.82) is 0 Å². The number of rotatable bonds is 4. The molecule has 4 nitrogen and oxygen atoms in total. The number of benzene rings is 1. The van der Waals surface area contributed by atoms with Crippen LogP contribution in [0.1, 0.15) is 15.9 Å². The lowest BCUT2D eigenvalue weighted by Gasteiger charge is -2.09. The molecule has 16 heavy (non-hydrogen) atoms. The van der Waals surface area contributed by atoms with Gasteiger partial charge in [-0.15, -0.1) is 0 Å². The van der Waals surface area contributed by atoms with Crippen LogP contribution < -0.4 is 5.32 Å². The Kier molecular flexibility index (Phi) is 4.39. The first-order valence-corrected chi connectivity index (χ1v) is 4.88. The number of aryl methyl sites for hydroxylation is 1. The first-order valence-electron chi connectivity index (χ1n) is 4.88. The van der Waals surface area contributed by atoms with E-state index in [0.717, 1.165) is 5.56 Å². The van der Waals surface area contributed by atoms with Gasteiger partial charge in [-0.25, -0.2) is 4.39 Å². The maximum Gasteiger partial charge on any atom is 0.254 e. The van der Waals surface area contributed by atoms with Crippen molar-refractivity contribution in [2.24, 2.45) is 0 Å². The van der Waals surface area contributed by atoms with Gasteiger partial charge in [0.25, 0.3) is 5.91 Å². The zero-order valence-corrected chi connectivity index (χ0v) is 8.90. The average molecular weight is 227 g/mol. The second-order valence-corrected chi connectivity index (χ2v) is 3.53. The third-order valence-corrected chi connectivity index (χ3v) is 2.08. The zero-order valence-electron chi connectivity index (χ0n) is 8.90. The maximum atomic E-state index is 13.3. The van der Waals surface area contributed by atoms with Crippen LogP contribution in [0, 0.1) is 12.7 Å². The molecule has 0 heterocycles. The number of hydrogen-bond acceptors (Lipinski definition) is 3. The number of carbonyl (C=O) groups is 1. The number of carbonyl (C=O) groups excluding carboxylic acids is 1. The van der Waals surface area contributed by atoms with Crippen molar-refractivity contribution in [3.05, 3.63) is 35.1 Å². The Morgan fingerprint density at radius 1 is 1.56 bits per heavy atom. The van der Waals surface area contributed by atoms with Crippen LogP contribution in [0.4, 0.5) is 4.39 Å². The molecule has 88 valence electrons. The molecule has 0 bridgehead atoms. The minimum absolute atomic E-state index is 0.0647. The zero-order chi connectivity index (χ0) is 12.1. The van der Waals surface area contributed by atoms with Crippen molar-refractivity contribution in [1.82, 2.24) is 5.32 Å². The van der Waals surface area contributed by atoms with Crippen LogP contribution in [0.5, 0.6) is 0 Å². The van der Waals surface area contributed by atoms with E-state index in [0.29, 0.717) is 0 Å². The number of halogens is 1. The number of nitrogens with one attached hydrogen (secondary N) is 1. The number of hydrogen-bond donors (Lipinski definition) is 3. The van der Waals surface area contributed by atoms with E-state index in [1.807, 2.05) is 0 Å². The maximum absolute atomic E-state index is 13.3. The Balaban J connectivity index is 2.69. The van der Waals surface area contributed by atoms with Gasteiger partial charge in [-0.2, -0.15) is 0 Å². The Labute approximate surface area is 92.7 Å². The van der Waals surface area contributed by atoms with Crippen molar-refractivity contribution in [3.63, 3.8) is 0 Å². The molecule has 0 aliphatic rings. The van der Waals surface area contributed by atoms with Gasteiger partial charge in [0.2, 0.25) is 0 Å². The van der Waals surface area contributed by atoms with Crippen molar-refractivity contribution in [2.75, 3.05) is 13.2 Å². The molecule has 1 unspecified atom stereocenters. The second kappa shape index (κ2) is 5.58. The molecule has 1 atom stereocenters. The molecule has 1 aromatic carbocycles. The van der Waals surface area contributed by atoms with Gasteiger partial charge in [-0.3, -0.25) is 4.79 Å². The smallest absolute Gasteiger partial charge is 0.254 e. The Morgan fingerprint density at radius 2 is 2.25 bits per heavy atom. The highest BCUT2D eigenvalue weighted by molar-refractivity contribution is 5.94. The molecule has 0 aliphatic heterocycles. The van der Waals surface area contributed by atoms with Gasteiger partial charge in [-0.1, -0.05) is 11.6 Å². The lowest BCUT2D eigenvalue weighted by Crippen LogP contribution is -2.34. The molecule has 3 N–H and O–H groups in total. The highest BCUT2D eigenvalue weighted by Gasteiger charge is 2.12. The Morgan fingerprint density at radius 3 is 2.88 bits per heavy atom.